The molecule has 1 aromatic carbocycles. The number of rotatable bonds is 1. The van der Waals surface area contributed by atoms with Crippen molar-refractivity contribution in [3.05, 3.63) is 28.7 Å². The van der Waals surface area contributed by atoms with E-state index < -0.39 is 0 Å². The van der Waals surface area contributed by atoms with E-state index in [1.807, 2.05) is 24.3 Å². The van der Waals surface area contributed by atoms with Crippen LogP contribution < -0.4 is 34.8 Å². The molecule has 13 heavy (non-hydrogen) atoms. The van der Waals surface area contributed by atoms with Crippen molar-refractivity contribution in [1.82, 2.24) is 20.6 Å². The van der Waals surface area contributed by atoms with Gasteiger partial charge in [0.15, 0.2) is 0 Å². The summed E-state index contributed by atoms with van der Waals surface area (Å²) in [4.78, 5) is 0. The molecule has 0 aliphatic heterocycles. The summed E-state index contributed by atoms with van der Waals surface area (Å²) in [6, 6.07) is 7.67. The van der Waals surface area contributed by atoms with Gasteiger partial charge in [-0.05, 0) is 17.7 Å². The van der Waals surface area contributed by atoms with E-state index in [2.05, 4.69) is 36.6 Å². The van der Waals surface area contributed by atoms with Crippen LogP contribution in [0.3, 0.4) is 0 Å². The van der Waals surface area contributed by atoms with Crippen LogP contribution in [0.4, 0.5) is 0 Å². The molecule has 0 saturated heterocycles. The second-order valence-electron chi connectivity index (χ2n) is 2.21. The van der Waals surface area contributed by atoms with Gasteiger partial charge in [0.2, 0.25) is 0 Å². The molecule has 0 atom stereocenters. The van der Waals surface area contributed by atoms with E-state index in [1.165, 1.54) is 0 Å². The Morgan fingerprint density at radius 1 is 1.31 bits per heavy atom. The standard InChI is InChI=1S/C7H4BrN4.Na/c8-6-3-1-2-5(4-6)7-9-11-12-10-7;/h1-4H;/q-1;+1. The van der Waals surface area contributed by atoms with E-state index in [-0.39, 0.29) is 29.6 Å². The van der Waals surface area contributed by atoms with Crippen molar-refractivity contribution in [3.8, 4) is 11.4 Å². The van der Waals surface area contributed by atoms with Gasteiger partial charge in [-0.3, -0.25) is 10.4 Å². The number of tetrazole rings is 1. The Morgan fingerprint density at radius 3 is 2.77 bits per heavy atom. The van der Waals surface area contributed by atoms with E-state index in [9.17, 15) is 0 Å². The molecule has 6 heteroatoms. The summed E-state index contributed by atoms with van der Waals surface area (Å²) in [5, 5.41) is 14.3. The van der Waals surface area contributed by atoms with Crippen molar-refractivity contribution in [2.24, 2.45) is 0 Å². The number of aromatic nitrogens is 4. The molecule has 1 aromatic heterocycles. The Hall–Kier alpha value is -0.230. The smallest absolute Gasteiger partial charge is 0.331 e. The number of nitrogens with zero attached hydrogens (tertiary/aromatic N) is 4. The summed E-state index contributed by atoms with van der Waals surface area (Å²) in [5.41, 5.74) is 0.911. The first-order valence-corrected chi connectivity index (χ1v) is 4.10. The Kier molecular flexibility index (Phi) is 4.05. The zero-order valence-corrected chi connectivity index (χ0v) is 10.6. The van der Waals surface area contributed by atoms with Gasteiger partial charge in [-0.2, -0.15) is 0 Å². The molecular weight excluding hydrogens is 243 g/mol. The molecule has 0 N–H and O–H groups in total. The minimum atomic E-state index is 0. The fourth-order valence-electron chi connectivity index (χ4n) is 0.888. The molecule has 0 radical (unpaired) electrons. The second kappa shape index (κ2) is 4.85. The zero-order chi connectivity index (χ0) is 8.39. The summed E-state index contributed by atoms with van der Waals surface area (Å²) < 4.78 is 0.991. The summed E-state index contributed by atoms with van der Waals surface area (Å²) >= 11 is 3.35. The molecule has 2 aromatic rings. The maximum absolute atomic E-state index is 3.73. The average molecular weight is 247 g/mol. The third-order valence-electron chi connectivity index (χ3n) is 1.40. The largest absolute Gasteiger partial charge is 1.00 e. The second-order valence-corrected chi connectivity index (χ2v) is 3.13. The van der Waals surface area contributed by atoms with Crippen LogP contribution in [-0.4, -0.2) is 15.4 Å². The maximum atomic E-state index is 3.73. The normalized spacial score (nSPS) is 9.31. The predicted octanol–water partition coefficient (Wildman–Crippen LogP) is -1.74. The van der Waals surface area contributed by atoms with Crippen LogP contribution in [0.25, 0.3) is 11.4 Å². The summed E-state index contributed by atoms with van der Waals surface area (Å²) in [7, 11) is 0. The molecule has 60 valence electrons. The average Bonchev–Trinajstić information content (AvgIpc) is 2.56. The van der Waals surface area contributed by atoms with E-state index in [4.69, 9.17) is 0 Å². The summed E-state index contributed by atoms with van der Waals surface area (Å²) in [5.74, 6) is 0.552. The first-order chi connectivity index (χ1) is 5.86. The predicted molar refractivity (Wildman–Crippen MR) is 46.3 cm³/mol. The van der Waals surface area contributed by atoms with Crippen molar-refractivity contribution in [2.45, 2.75) is 0 Å². The fourth-order valence-corrected chi connectivity index (χ4v) is 1.29. The molecule has 0 saturated carbocycles. The van der Waals surface area contributed by atoms with Crippen LogP contribution >= 0.6 is 15.9 Å². The van der Waals surface area contributed by atoms with Crippen molar-refractivity contribution < 1.29 is 29.6 Å². The van der Waals surface area contributed by atoms with Gasteiger partial charge in [0.25, 0.3) is 0 Å². The third kappa shape index (κ3) is 2.60. The van der Waals surface area contributed by atoms with Gasteiger partial charge < -0.3 is 5.10 Å². The molecule has 1 heterocycles. The topological polar surface area (TPSA) is 52.8 Å². The monoisotopic (exact) mass is 246 g/mol. The number of hydrogen-bond donors (Lipinski definition) is 0. The van der Waals surface area contributed by atoms with Crippen LogP contribution in [0.2, 0.25) is 0 Å². The van der Waals surface area contributed by atoms with E-state index in [0.29, 0.717) is 5.82 Å². The Bertz CT molecular complexity index is 376. The molecule has 2 rings (SSSR count). The van der Waals surface area contributed by atoms with E-state index in [1.54, 1.807) is 0 Å². The van der Waals surface area contributed by atoms with Crippen LogP contribution in [-0.2, 0) is 0 Å². The zero-order valence-electron chi connectivity index (χ0n) is 6.98. The Morgan fingerprint density at radius 2 is 2.15 bits per heavy atom. The van der Waals surface area contributed by atoms with Crippen molar-refractivity contribution in [3.63, 3.8) is 0 Å². The Balaban J connectivity index is 0.000000845. The van der Waals surface area contributed by atoms with Gasteiger partial charge in [0.05, 0.1) is 5.82 Å². The van der Waals surface area contributed by atoms with Crippen LogP contribution in [0.5, 0.6) is 0 Å². The number of halogens is 1. The van der Waals surface area contributed by atoms with Gasteiger partial charge in [-0.25, -0.2) is 5.10 Å². The molecular formula is C7H4BrN4Na. The van der Waals surface area contributed by atoms with Gasteiger partial charge >= 0.3 is 29.6 Å². The number of hydrogen-bond acceptors (Lipinski definition) is 3. The van der Waals surface area contributed by atoms with Crippen LogP contribution in [0.15, 0.2) is 28.7 Å². The molecule has 0 aliphatic carbocycles. The van der Waals surface area contributed by atoms with Gasteiger partial charge in [0, 0.05) is 4.47 Å². The molecule has 0 amide bonds. The molecule has 0 bridgehead atoms. The summed E-state index contributed by atoms with van der Waals surface area (Å²) in [6.45, 7) is 0. The summed E-state index contributed by atoms with van der Waals surface area (Å²) in [6.07, 6.45) is 0. The van der Waals surface area contributed by atoms with E-state index in [0.717, 1.165) is 10.0 Å². The van der Waals surface area contributed by atoms with Crippen LogP contribution in [0, 0.1) is 0 Å². The molecule has 0 aliphatic rings. The third-order valence-corrected chi connectivity index (χ3v) is 1.89. The minimum Gasteiger partial charge on any atom is -0.331 e. The molecule has 0 fully saturated rings. The fraction of sp³-hybridized carbons (Fsp3) is 0. The quantitative estimate of drug-likeness (QED) is 0.561. The Labute approximate surface area is 106 Å². The van der Waals surface area contributed by atoms with Crippen molar-refractivity contribution in [2.75, 3.05) is 0 Å². The molecule has 4 nitrogen and oxygen atoms in total. The van der Waals surface area contributed by atoms with Gasteiger partial charge in [-0.1, -0.05) is 28.1 Å². The maximum Gasteiger partial charge on any atom is 1.00 e. The van der Waals surface area contributed by atoms with Gasteiger partial charge in [-0.15, -0.1) is 0 Å². The van der Waals surface area contributed by atoms with Gasteiger partial charge in [0.1, 0.15) is 0 Å². The van der Waals surface area contributed by atoms with E-state index >= 15 is 0 Å². The first kappa shape index (κ1) is 10.8. The number of benzene rings is 1. The van der Waals surface area contributed by atoms with Crippen molar-refractivity contribution >= 4 is 15.9 Å². The van der Waals surface area contributed by atoms with Crippen molar-refractivity contribution in [1.29, 1.82) is 0 Å². The first-order valence-electron chi connectivity index (χ1n) is 3.31. The van der Waals surface area contributed by atoms with Crippen LogP contribution in [0.1, 0.15) is 0 Å². The SMILES string of the molecule is Brc1cccc(-c2nn[n-]n2)c1.[Na+]. The minimum absolute atomic E-state index is 0. The molecule has 0 spiro atoms. The molecule has 0 unspecified atom stereocenters.